The van der Waals surface area contributed by atoms with Crippen LogP contribution < -0.4 is 5.32 Å². The van der Waals surface area contributed by atoms with Crippen LogP contribution in [0.25, 0.3) is 0 Å². The summed E-state index contributed by atoms with van der Waals surface area (Å²) in [6, 6.07) is 0.840. The van der Waals surface area contributed by atoms with Crippen molar-refractivity contribution in [3.05, 3.63) is 0 Å². The maximum Gasteiger partial charge on any atom is 0.0617 e. The van der Waals surface area contributed by atoms with Crippen LogP contribution in [0.5, 0.6) is 0 Å². The second-order valence-electron chi connectivity index (χ2n) is 4.77. The van der Waals surface area contributed by atoms with Crippen LogP contribution in [0, 0.1) is 5.92 Å². The Kier molecular flexibility index (Phi) is 9.06. The van der Waals surface area contributed by atoms with E-state index in [1.165, 1.54) is 0 Å². The number of aliphatic hydroxyl groups excluding tert-OH is 1. The molecule has 3 nitrogen and oxygen atoms in total. The third kappa shape index (κ3) is 10.2. The van der Waals surface area contributed by atoms with Gasteiger partial charge in [-0.25, -0.2) is 0 Å². The average molecular weight is 217 g/mol. The minimum Gasteiger partial charge on any atom is -0.396 e. The molecule has 15 heavy (non-hydrogen) atoms. The first-order valence-electron chi connectivity index (χ1n) is 6.01. The highest BCUT2D eigenvalue weighted by molar-refractivity contribution is 4.66. The molecule has 0 bridgehead atoms. The molecule has 2 atom stereocenters. The highest BCUT2D eigenvalue weighted by Crippen LogP contribution is 1.99. The smallest absolute Gasteiger partial charge is 0.0617 e. The fraction of sp³-hybridized carbons (Fsp3) is 1.00. The predicted molar refractivity (Wildman–Crippen MR) is 64.0 cm³/mol. The zero-order valence-corrected chi connectivity index (χ0v) is 10.6. The van der Waals surface area contributed by atoms with Crippen LogP contribution in [0.15, 0.2) is 0 Å². The number of nitrogens with one attached hydrogen (secondary N) is 1. The monoisotopic (exact) mass is 217 g/mol. The molecule has 0 amide bonds. The van der Waals surface area contributed by atoms with Gasteiger partial charge in [-0.05, 0) is 32.6 Å². The molecule has 0 aliphatic rings. The minimum absolute atomic E-state index is 0.282. The molecule has 92 valence electrons. The topological polar surface area (TPSA) is 41.5 Å². The van der Waals surface area contributed by atoms with Gasteiger partial charge in [0, 0.05) is 25.3 Å². The fourth-order valence-electron chi connectivity index (χ4n) is 1.50. The molecule has 0 rings (SSSR count). The Morgan fingerprint density at radius 3 is 2.27 bits per heavy atom. The van der Waals surface area contributed by atoms with Crippen LogP contribution in [0.1, 0.15) is 40.5 Å². The average Bonchev–Trinajstić information content (AvgIpc) is 2.14. The maximum atomic E-state index is 8.70. The van der Waals surface area contributed by atoms with Crippen molar-refractivity contribution in [3.63, 3.8) is 0 Å². The standard InChI is InChI=1S/C12H27NO2/c1-10(2)8-15-9-12(4)13-11(3)6-5-7-14/h10-14H,5-9H2,1-4H3. The zero-order valence-electron chi connectivity index (χ0n) is 10.6. The number of hydrogen-bond donors (Lipinski definition) is 2. The molecule has 0 aromatic carbocycles. The minimum atomic E-state index is 0.282. The molecule has 2 N–H and O–H groups in total. The van der Waals surface area contributed by atoms with Gasteiger partial charge in [0.1, 0.15) is 0 Å². The van der Waals surface area contributed by atoms with Crippen molar-refractivity contribution >= 4 is 0 Å². The van der Waals surface area contributed by atoms with E-state index in [-0.39, 0.29) is 6.61 Å². The zero-order chi connectivity index (χ0) is 11.7. The summed E-state index contributed by atoms with van der Waals surface area (Å²) in [5, 5.41) is 12.2. The largest absolute Gasteiger partial charge is 0.396 e. The van der Waals surface area contributed by atoms with E-state index in [1.807, 2.05) is 0 Å². The van der Waals surface area contributed by atoms with Gasteiger partial charge < -0.3 is 15.2 Å². The Bertz CT molecular complexity index is 140. The normalized spacial score (nSPS) is 15.6. The fourth-order valence-corrected chi connectivity index (χ4v) is 1.50. The highest BCUT2D eigenvalue weighted by Gasteiger charge is 2.07. The molecule has 0 fully saturated rings. The SMILES string of the molecule is CC(C)COCC(C)NC(C)CCCO. The first-order valence-corrected chi connectivity index (χ1v) is 6.01. The second-order valence-corrected chi connectivity index (χ2v) is 4.77. The van der Waals surface area contributed by atoms with Crippen molar-refractivity contribution in [1.82, 2.24) is 5.32 Å². The molecular formula is C12H27NO2. The lowest BCUT2D eigenvalue weighted by Crippen LogP contribution is -2.37. The number of ether oxygens (including phenoxy) is 1. The predicted octanol–water partition coefficient (Wildman–Crippen LogP) is 1.80. The third-order valence-electron chi connectivity index (χ3n) is 2.18. The Balaban J connectivity index is 3.42. The van der Waals surface area contributed by atoms with Gasteiger partial charge in [0.15, 0.2) is 0 Å². The first kappa shape index (κ1) is 14.9. The van der Waals surface area contributed by atoms with Crippen LogP contribution >= 0.6 is 0 Å². The van der Waals surface area contributed by atoms with E-state index in [9.17, 15) is 0 Å². The van der Waals surface area contributed by atoms with Crippen LogP contribution in [0.4, 0.5) is 0 Å². The molecule has 0 aromatic heterocycles. The van der Waals surface area contributed by atoms with Gasteiger partial charge in [0.2, 0.25) is 0 Å². The lowest BCUT2D eigenvalue weighted by atomic mass is 10.1. The molecular weight excluding hydrogens is 190 g/mol. The number of hydrogen-bond acceptors (Lipinski definition) is 3. The number of aliphatic hydroxyl groups is 1. The highest BCUT2D eigenvalue weighted by atomic mass is 16.5. The summed E-state index contributed by atoms with van der Waals surface area (Å²) in [7, 11) is 0. The van der Waals surface area contributed by atoms with Crippen molar-refractivity contribution in [2.75, 3.05) is 19.8 Å². The van der Waals surface area contributed by atoms with Crippen molar-refractivity contribution in [2.45, 2.75) is 52.6 Å². The first-order chi connectivity index (χ1) is 7.06. The molecule has 0 heterocycles. The van der Waals surface area contributed by atoms with Crippen molar-refractivity contribution in [3.8, 4) is 0 Å². The summed E-state index contributed by atoms with van der Waals surface area (Å²) in [5.41, 5.74) is 0. The van der Waals surface area contributed by atoms with Gasteiger partial charge in [0.25, 0.3) is 0 Å². The Labute approximate surface area is 94.2 Å². The van der Waals surface area contributed by atoms with Gasteiger partial charge in [-0.2, -0.15) is 0 Å². The van der Waals surface area contributed by atoms with Crippen molar-refractivity contribution in [2.24, 2.45) is 5.92 Å². The summed E-state index contributed by atoms with van der Waals surface area (Å²) >= 11 is 0. The summed E-state index contributed by atoms with van der Waals surface area (Å²) in [6.45, 7) is 10.5. The molecule has 2 unspecified atom stereocenters. The van der Waals surface area contributed by atoms with Gasteiger partial charge in [0.05, 0.1) is 6.61 Å². The van der Waals surface area contributed by atoms with E-state index in [2.05, 4.69) is 33.0 Å². The van der Waals surface area contributed by atoms with E-state index >= 15 is 0 Å². The Hall–Kier alpha value is -0.120. The van der Waals surface area contributed by atoms with E-state index in [0.29, 0.717) is 18.0 Å². The Morgan fingerprint density at radius 1 is 1.07 bits per heavy atom. The number of rotatable bonds is 9. The van der Waals surface area contributed by atoms with Crippen LogP contribution in [0.2, 0.25) is 0 Å². The van der Waals surface area contributed by atoms with Crippen LogP contribution in [-0.4, -0.2) is 37.0 Å². The van der Waals surface area contributed by atoms with Crippen LogP contribution in [-0.2, 0) is 4.74 Å². The molecule has 3 heteroatoms. The van der Waals surface area contributed by atoms with Gasteiger partial charge in [-0.1, -0.05) is 13.8 Å². The van der Waals surface area contributed by atoms with Gasteiger partial charge in [-0.3, -0.25) is 0 Å². The molecule has 0 saturated carbocycles. The maximum absolute atomic E-state index is 8.70. The molecule has 0 aliphatic heterocycles. The molecule has 0 spiro atoms. The summed E-state index contributed by atoms with van der Waals surface area (Å²) in [5.74, 6) is 0.601. The molecule has 0 aliphatic carbocycles. The van der Waals surface area contributed by atoms with Crippen molar-refractivity contribution < 1.29 is 9.84 Å². The van der Waals surface area contributed by atoms with Gasteiger partial charge in [-0.15, -0.1) is 0 Å². The Morgan fingerprint density at radius 2 is 1.73 bits per heavy atom. The van der Waals surface area contributed by atoms with Crippen molar-refractivity contribution in [1.29, 1.82) is 0 Å². The van der Waals surface area contributed by atoms with E-state index in [1.54, 1.807) is 0 Å². The van der Waals surface area contributed by atoms with Gasteiger partial charge >= 0.3 is 0 Å². The molecule has 0 radical (unpaired) electrons. The lowest BCUT2D eigenvalue weighted by molar-refractivity contribution is 0.0909. The summed E-state index contributed by atoms with van der Waals surface area (Å²) in [4.78, 5) is 0. The molecule has 0 saturated heterocycles. The van der Waals surface area contributed by atoms with E-state index in [0.717, 1.165) is 26.1 Å². The lowest BCUT2D eigenvalue weighted by Gasteiger charge is -2.20. The van der Waals surface area contributed by atoms with Crippen LogP contribution in [0.3, 0.4) is 0 Å². The third-order valence-corrected chi connectivity index (χ3v) is 2.18. The molecule has 0 aromatic rings. The second kappa shape index (κ2) is 9.13. The summed E-state index contributed by atoms with van der Waals surface area (Å²) in [6.07, 6.45) is 1.89. The summed E-state index contributed by atoms with van der Waals surface area (Å²) < 4.78 is 5.55. The van der Waals surface area contributed by atoms with E-state index < -0.39 is 0 Å². The quantitative estimate of drug-likeness (QED) is 0.619. The van der Waals surface area contributed by atoms with E-state index in [4.69, 9.17) is 9.84 Å².